The molecule has 0 aliphatic carbocycles. The summed E-state index contributed by atoms with van der Waals surface area (Å²) in [7, 11) is 0. The zero-order chi connectivity index (χ0) is 16.2. The Morgan fingerprint density at radius 2 is 2.13 bits per heavy atom. The van der Waals surface area contributed by atoms with E-state index in [1.165, 1.54) is 12.5 Å². The van der Waals surface area contributed by atoms with Gasteiger partial charge in [0.05, 0.1) is 17.3 Å². The Bertz CT molecular complexity index is 718. The lowest BCUT2D eigenvalue weighted by Gasteiger charge is -2.17. The van der Waals surface area contributed by atoms with E-state index in [1.54, 1.807) is 4.90 Å². The second kappa shape index (κ2) is 6.56. The number of rotatable bonds is 4. The summed E-state index contributed by atoms with van der Waals surface area (Å²) in [5.41, 5.74) is 2.04. The molecule has 1 aliphatic heterocycles. The molecule has 2 amide bonds. The van der Waals surface area contributed by atoms with Gasteiger partial charge in [-0.05, 0) is 18.6 Å². The minimum atomic E-state index is -0.227. The van der Waals surface area contributed by atoms with Crippen LogP contribution < -0.4 is 10.2 Å². The molecule has 3 rings (SSSR count). The van der Waals surface area contributed by atoms with Gasteiger partial charge in [0.15, 0.2) is 0 Å². The molecule has 1 N–H and O–H groups in total. The van der Waals surface area contributed by atoms with Crippen LogP contribution in [0.3, 0.4) is 0 Å². The standard InChI is InChI=1S/C17H18N4O2/c1-2-15-14(9-18-11-19-15)17(23)20-12-8-16(22)21(10-12)13-6-4-3-5-7-13/h3-7,9,11-12H,2,8,10H2,1H3,(H,20,23). The van der Waals surface area contributed by atoms with E-state index in [0.29, 0.717) is 30.6 Å². The van der Waals surface area contributed by atoms with Gasteiger partial charge >= 0.3 is 0 Å². The quantitative estimate of drug-likeness (QED) is 0.930. The minimum absolute atomic E-state index is 0.0153. The van der Waals surface area contributed by atoms with Gasteiger partial charge in [0, 0.05) is 24.8 Å². The number of aromatic nitrogens is 2. The molecule has 0 bridgehead atoms. The topological polar surface area (TPSA) is 75.2 Å². The Morgan fingerprint density at radius 1 is 1.35 bits per heavy atom. The first-order valence-corrected chi connectivity index (χ1v) is 7.64. The number of hydrogen-bond acceptors (Lipinski definition) is 4. The predicted octanol–water partition coefficient (Wildman–Crippen LogP) is 1.57. The molecule has 0 spiro atoms. The van der Waals surface area contributed by atoms with E-state index in [1.807, 2.05) is 37.3 Å². The Morgan fingerprint density at radius 3 is 2.87 bits per heavy atom. The van der Waals surface area contributed by atoms with E-state index < -0.39 is 0 Å². The number of nitrogens with one attached hydrogen (secondary N) is 1. The monoisotopic (exact) mass is 310 g/mol. The summed E-state index contributed by atoms with van der Waals surface area (Å²) in [6.07, 6.45) is 3.92. The van der Waals surface area contributed by atoms with Crippen molar-refractivity contribution >= 4 is 17.5 Å². The molecule has 0 radical (unpaired) electrons. The van der Waals surface area contributed by atoms with Gasteiger partial charge in [-0.1, -0.05) is 25.1 Å². The van der Waals surface area contributed by atoms with Crippen molar-refractivity contribution in [3.8, 4) is 0 Å². The Labute approximate surface area is 134 Å². The van der Waals surface area contributed by atoms with Crippen LogP contribution in [0.15, 0.2) is 42.9 Å². The molecule has 2 heterocycles. The Hall–Kier alpha value is -2.76. The summed E-state index contributed by atoms with van der Waals surface area (Å²) < 4.78 is 0. The van der Waals surface area contributed by atoms with Crippen molar-refractivity contribution in [2.75, 3.05) is 11.4 Å². The smallest absolute Gasteiger partial charge is 0.254 e. The molecule has 1 fully saturated rings. The van der Waals surface area contributed by atoms with E-state index in [2.05, 4.69) is 15.3 Å². The molecule has 1 aromatic heterocycles. The minimum Gasteiger partial charge on any atom is -0.347 e. The maximum absolute atomic E-state index is 12.4. The van der Waals surface area contributed by atoms with Crippen molar-refractivity contribution in [3.63, 3.8) is 0 Å². The number of amides is 2. The van der Waals surface area contributed by atoms with Gasteiger partial charge in [0.25, 0.3) is 5.91 Å². The molecule has 118 valence electrons. The maximum Gasteiger partial charge on any atom is 0.254 e. The number of hydrogen-bond donors (Lipinski definition) is 1. The fraction of sp³-hybridized carbons (Fsp3) is 0.294. The van der Waals surface area contributed by atoms with E-state index in [4.69, 9.17) is 0 Å². The summed E-state index contributed by atoms with van der Waals surface area (Å²) in [5.74, 6) is -0.211. The number of nitrogens with zero attached hydrogens (tertiary/aromatic N) is 3. The van der Waals surface area contributed by atoms with Gasteiger partial charge in [0.1, 0.15) is 6.33 Å². The highest BCUT2D eigenvalue weighted by Gasteiger charge is 2.32. The first kappa shape index (κ1) is 15.1. The number of aryl methyl sites for hydroxylation is 1. The zero-order valence-corrected chi connectivity index (χ0v) is 12.9. The lowest BCUT2D eigenvalue weighted by Crippen LogP contribution is -2.37. The third-order valence-electron chi connectivity index (χ3n) is 3.90. The van der Waals surface area contributed by atoms with Crippen LogP contribution in [0.4, 0.5) is 5.69 Å². The van der Waals surface area contributed by atoms with Gasteiger partial charge in [0.2, 0.25) is 5.91 Å². The van der Waals surface area contributed by atoms with Crippen LogP contribution in [0.25, 0.3) is 0 Å². The summed E-state index contributed by atoms with van der Waals surface area (Å²) in [4.78, 5) is 34.3. The van der Waals surface area contributed by atoms with Gasteiger partial charge in [-0.2, -0.15) is 0 Å². The third kappa shape index (κ3) is 3.21. The first-order chi connectivity index (χ1) is 11.2. The molecule has 1 saturated heterocycles. The highest BCUT2D eigenvalue weighted by Crippen LogP contribution is 2.21. The first-order valence-electron chi connectivity index (χ1n) is 7.64. The molecule has 0 saturated carbocycles. The average molecular weight is 310 g/mol. The molecule has 23 heavy (non-hydrogen) atoms. The van der Waals surface area contributed by atoms with Gasteiger partial charge < -0.3 is 10.2 Å². The van der Waals surface area contributed by atoms with Gasteiger partial charge in [-0.15, -0.1) is 0 Å². The molecule has 1 unspecified atom stereocenters. The van der Waals surface area contributed by atoms with Gasteiger partial charge in [-0.3, -0.25) is 9.59 Å². The number of carbonyl (C=O) groups excluding carboxylic acids is 2. The van der Waals surface area contributed by atoms with Crippen LogP contribution in [0.1, 0.15) is 29.4 Å². The Balaban J connectivity index is 1.70. The van der Waals surface area contributed by atoms with Crippen LogP contribution in [0.2, 0.25) is 0 Å². The highest BCUT2D eigenvalue weighted by atomic mass is 16.2. The van der Waals surface area contributed by atoms with Crippen molar-refractivity contribution in [3.05, 3.63) is 54.1 Å². The third-order valence-corrected chi connectivity index (χ3v) is 3.90. The average Bonchev–Trinajstić information content (AvgIpc) is 2.95. The summed E-state index contributed by atoms with van der Waals surface area (Å²) >= 11 is 0. The molecular weight excluding hydrogens is 292 g/mol. The van der Waals surface area contributed by atoms with E-state index in [0.717, 1.165) is 5.69 Å². The highest BCUT2D eigenvalue weighted by molar-refractivity contribution is 5.99. The molecule has 2 aromatic rings. The lowest BCUT2D eigenvalue weighted by atomic mass is 10.1. The molecular formula is C17H18N4O2. The number of carbonyl (C=O) groups is 2. The van der Waals surface area contributed by atoms with Crippen molar-refractivity contribution in [1.29, 1.82) is 0 Å². The van der Waals surface area contributed by atoms with E-state index in [9.17, 15) is 9.59 Å². The normalized spacial score (nSPS) is 17.3. The molecule has 1 aromatic carbocycles. The van der Waals surface area contributed by atoms with Crippen LogP contribution in [0, 0.1) is 0 Å². The predicted molar refractivity (Wildman–Crippen MR) is 86.1 cm³/mol. The zero-order valence-electron chi connectivity index (χ0n) is 12.9. The second-order valence-corrected chi connectivity index (χ2v) is 5.45. The summed E-state index contributed by atoms with van der Waals surface area (Å²) in [6.45, 7) is 2.42. The molecule has 1 atom stereocenters. The SMILES string of the molecule is CCc1ncncc1C(=O)NC1CC(=O)N(c2ccccc2)C1. The van der Waals surface area contributed by atoms with Crippen LogP contribution in [-0.4, -0.2) is 34.4 Å². The van der Waals surface area contributed by atoms with Gasteiger partial charge in [-0.25, -0.2) is 9.97 Å². The number of anilines is 1. The largest absolute Gasteiger partial charge is 0.347 e. The fourth-order valence-corrected chi connectivity index (χ4v) is 2.75. The lowest BCUT2D eigenvalue weighted by molar-refractivity contribution is -0.117. The van der Waals surface area contributed by atoms with Crippen LogP contribution in [0.5, 0.6) is 0 Å². The Kier molecular flexibility index (Phi) is 4.32. The molecule has 6 nitrogen and oxygen atoms in total. The van der Waals surface area contributed by atoms with E-state index >= 15 is 0 Å². The van der Waals surface area contributed by atoms with Crippen molar-refractivity contribution in [2.24, 2.45) is 0 Å². The maximum atomic E-state index is 12.4. The van der Waals surface area contributed by atoms with Crippen LogP contribution >= 0.6 is 0 Å². The van der Waals surface area contributed by atoms with Crippen molar-refractivity contribution < 1.29 is 9.59 Å². The second-order valence-electron chi connectivity index (χ2n) is 5.45. The van der Waals surface area contributed by atoms with E-state index in [-0.39, 0.29) is 17.9 Å². The van der Waals surface area contributed by atoms with Crippen LogP contribution in [-0.2, 0) is 11.2 Å². The van der Waals surface area contributed by atoms with Crippen molar-refractivity contribution in [2.45, 2.75) is 25.8 Å². The fourth-order valence-electron chi connectivity index (χ4n) is 2.75. The summed E-state index contributed by atoms with van der Waals surface area (Å²) in [5, 5.41) is 2.92. The number of benzene rings is 1. The number of para-hydroxylation sites is 1. The molecule has 1 aliphatic rings. The molecule has 6 heteroatoms. The summed E-state index contributed by atoms with van der Waals surface area (Å²) in [6, 6.07) is 9.27. The van der Waals surface area contributed by atoms with Crippen molar-refractivity contribution in [1.82, 2.24) is 15.3 Å².